The second-order valence-corrected chi connectivity index (χ2v) is 5.28. The summed E-state index contributed by atoms with van der Waals surface area (Å²) in [5.74, 6) is 1.05. The Morgan fingerprint density at radius 2 is 2.11 bits per heavy atom. The molecule has 0 bridgehead atoms. The number of likely N-dealkylation sites (N-methyl/N-ethyl adjacent to an activating group) is 1. The summed E-state index contributed by atoms with van der Waals surface area (Å²) in [6.45, 7) is 3.13. The average molecular weight is 255 g/mol. The van der Waals surface area contributed by atoms with Gasteiger partial charge in [-0.2, -0.15) is 0 Å². The van der Waals surface area contributed by atoms with Gasteiger partial charge in [-0.3, -0.25) is 0 Å². The lowest BCUT2D eigenvalue weighted by Crippen LogP contribution is -2.23. The van der Waals surface area contributed by atoms with Crippen molar-refractivity contribution in [2.75, 3.05) is 6.54 Å². The summed E-state index contributed by atoms with van der Waals surface area (Å²) in [6, 6.07) is 11.3. The first-order chi connectivity index (χ1) is 9.36. The third-order valence-electron chi connectivity index (χ3n) is 3.96. The van der Waals surface area contributed by atoms with Gasteiger partial charge in [-0.15, -0.1) is 0 Å². The Morgan fingerprint density at radius 3 is 2.89 bits per heavy atom. The number of nitrogens with one attached hydrogen (secondary N) is 1. The molecule has 2 aromatic rings. The molecule has 0 saturated heterocycles. The van der Waals surface area contributed by atoms with Crippen LogP contribution in [0, 0.1) is 0 Å². The fraction of sp³-hybridized carbons (Fsp3) is 0.412. The summed E-state index contributed by atoms with van der Waals surface area (Å²) < 4.78 is 5.48. The molecule has 1 aromatic carbocycles. The summed E-state index contributed by atoms with van der Waals surface area (Å²) in [5.41, 5.74) is 4.47. The number of aryl methyl sites for hydroxylation is 2. The molecule has 1 heterocycles. The van der Waals surface area contributed by atoms with E-state index in [0.29, 0.717) is 6.04 Å². The second kappa shape index (κ2) is 5.62. The van der Waals surface area contributed by atoms with Crippen molar-refractivity contribution in [1.29, 1.82) is 0 Å². The smallest absolute Gasteiger partial charge is 0.105 e. The average Bonchev–Trinajstić information content (AvgIpc) is 3.08. The molecule has 2 heteroatoms. The number of fused-ring (bicyclic) bond motifs is 1. The first-order valence-electron chi connectivity index (χ1n) is 7.24. The summed E-state index contributed by atoms with van der Waals surface area (Å²) in [4.78, 5) is 0. The Morgan fingerprint density at radius 1 is 1.21 bits per heavy atom. The highest BCUT2D eigenvalue weighted by Crippen LogP contribution is 2.27. The lowest BCUT2D eigenvalue weighted by Gasteiger charge is -2.18. The molecule has 2 nitrogen and oxygen atoms in total. The molecule has 0 spiro atoms. The quantitative estimate of drug-likeness (QED) is 0.882. The minimum absolute atomic E-state index is 0.349. The SMILES string of the molecule is CCNC(Cc1ccco1)c1ccc2c(c1)CCC2. The lowest BCUT2D eigenvalue weighted by atomic mass is 9.98. The molecule has 1 N–H and O–H groups in total. The van der Waals surface area contributed by atoms with E-state index in [1.165, 1.54) is 30.4 Å². The minimum Gasteiger partial charge on any atom is -0.469 e. The summed E-state index contributed by atoms with van der Waals surface area (Å²) in [7, 11) is 0. The topological polar surface area (TPSA) is 25.2 Å². The zero-order chi connectivity index (χ0) is 13.1. The molecule has 0 aliphatic heterocycles. The first kappa shape index (κ1) is 12.5. The van der Waals surface area contributed by atoms with Crippen molar-refractivity contribution >= 4 is 0 Å². The van der Waals surface area contributed by atoms with E-state index in [-0.39, 0.29) is 0 Å². The Bertz CT molecular complexity index is 530. The van der Waals surface area contributed by atoms with Gasteiger partial charge in [-0.25, -0.2) is 0 Å². The largest absolute Gasteiger partial charge is 0.469 e. The van der Waals surface area contributed by atoms with Crippen LogP contribution in [0.15, 0.2) is 41.0 Å². The fourth-order valence-corrected chi connectivity index (χ4v) is 2.99. The first-order valence-corrected chi connectivity index (χ1v) is 7.24. The highest BCUT2D eigenvalue weighted by atomic mass is 16.3. The second-order valence-electron chi connectivity index (χ2n) is 5.28. The van der Waals surface area contributed by atoms with Gasteiger partial charge in [0, 0.05) is 12.5 Å². The van der Waals surface area contributed by atoms with Crippen molar-refractivity contribution in [2.24, 2.45) is 0 Å². The Labute approximate surface area is 114 Å². The van der Waals surface area contributed by atoms with E-state index >= 15 is 0 Å². The molecular formula is C17H21NO. The maximum Gasteiger partial charge on any atom is 0.105 e. The van der Waals surface area contributed by atoms with Crippen molar-refractivity contribution in [3.63, 3.8) is 0 Å². The minimum atomic E-state index is 0.349. The van der Waals surface area contributed by atoms with Gasteiger partial charge >= 0.3 is 0 Å². The summed E-state index contributed by atoms with van der Waals surface area (Å²) >= 11 is 0. The van der Waals surface area contributed by atoms with Crippen molar-refractivity contribution in [2.45, 2.75) is 38.6 Å². The molecule has 1 aromatic heterocycles. The van der Waals surface area contributed by atoms with Gasteiger partial charge in [-0.1, -0.05) is 25.1 Å². The van der Waals surface area contributed by atoms with Crippen molar-refractivity contribution in [1.82, 2.24) is 5.32 Å². The molecule has 19 heavy (non-hydrogen) atoms. The van der Waals surface area contributed by atoms with Crippen LogP contribution >= 0.6 is 0 Å². The molecule has 1 aliphatic carbocycles. The van der Waals surface area contributed by atoms with Crippen LogP contribution in [0.2, 0.25) is 0 Å². The number of hydrogen-bond donors (Lipinski definition) is 1. The number of rotatable bonds is 5. The standard InChI is InChI=1S/C17H21NO/c1-2-18-17(12-16-7-4-10-19-16)15-9-8-13-5-3-6-14(13)11-15/h4,7-11,17-18H,2-3,5-6,12H2,1H3. The highest BCUT2D eigenvalue weighted by molar-refractivity contribution is 5.36. The van der Waals surface area contributed by atoms with Crippen molar-refractivity contribution < 1.29 is 4.42 Å². The lowest BCUT2D eigenvalue weighted by molar-refractivity contribution is 0.455. The highest BCUT2D eigenvalue weighted by Gasteiger charge is 2.16. The van der Waals surface area contributed by atoms with Gasteiger partial charge in [0.1, 0.15) is 5.76 Å². The molecule has 1 atom stereocenters. The predicted octanol–water partition coefficient (Wildman–Crippen LogP) is 3.66. The summed E-state index contributed by atoms with van der Waals surface area (Å²) in [6.07, 6.45) is 6.46. The van der Waals surface area contributed by atoms with Crippen molar-refractivity contribution in [3.05, 3.63) is 59.0 Å². The van der Waals surface area contributed by atoms with Crippen LogP contribution in [0.1, 0.15) is 41.8 Å². The third-order valence-corrected chi connectivity index (χ3v) is 3.96. The van der Waals surface area contributed by atoms with Crippen molar-refractivity contribution in [3.8, 4) is 0 Å². The normalized spacial score (nSPS) is 15.4. The van der Waals surface area contributed by atoms with Gasteiger partial charge in [0.25, 0.3) is 0 Å². The fourth-order valence-electron chi connectivity index (χ4n) is 2.99. The number of furan rings is 1. The molecule has 0 fully saturated rings. The molecule has 0 radical (unpaired) electrons. The third kappa shape index (κ3) is 2.74. The number of hydrogen-bond acceptors (Lipinski definition) is 2. The van der Waals surface area contributed by atoms with Crippen LogP contribution in [0.25, 0.3) is 0 Å². The van der Waals surface area contributed by atoms with Gasteiger partial charge < -0.3 is 9.73 Å². The van der Waals surface area contributed by atoms with Gasteiger partial charge in [0.2, 0.25) is 0 Å². The van der Waals surface area contributed by atoms with Crippen LogP contribution in [0.5, 0.6) is 0 Å². The van der Waals surface area contributed by atoms with E-state index < -0.39 is 0 Å². The van der Waals surface area contributed by atoms with E-state index in [1.54, 1.807) is 11.8 Å². The van der Waals surface area contributed by atoms with Crippen LogP contribution in [-0.2, 0) is 19.3 Å². The molecule has 0 amide bonds. The zero-order valence-corrected chi connectivity index (χ0v) is 11.5. The van der Waals surface area contributed by atoms with Gasteiger partial charge in [0.05, 0.1) is 6.26 Å². The van der Waals surface area contributed by atoms with Crippen LogP contribution in [0.3, 0.4) is 0 Å². The number of benzene rings is 1. The maximum atomic E-state index is 5.48. The molecule has 1 aliphatic rings. The van der Waals surface area contributed by atoms with E-state index in [0.717, 1.165) is 18.7 Å². The van der Waals surface area contributed by atoms with Gasteiger partial charge in [-0.05, 0) is 54.6 Å². The summed E-state index contributed by atoms with van der Waals surface area (Å²) in [5, 5.41) is 3.57. The van der Waals surface area contributed by atoms with E-state index in [1.807, 2.05) is 6.07 Å². The van der Waals surface area contributed by atoms with Crippen LogP contribution < -0.4 is 5.32 Å². The predicted molar refractivity (Wildman–Crippen MR) is 77.3 cm³/mol. The van der Waals surface area contributed by atoms with Gasteiger partial charge in [0.15, 0.2) is 0 Å². The van der Waals surface area contributed by atoms with Crippen LogP contribution in [-0.4, -0.2) is 6.54 Å². The Hall–Kier alpha value is -1.54. The monoisotopic (exact) mass is 255 g/mol. The van der Waals surface area contributed by atoms with E-state index in [9.17, 15) is 0 Å². The molecule has 100 valence electrons. The molecule has 1 unspecified atom stereocenters. The zero-order valence-electron chi connectivity index (χ0n) is 11.5. The maximum absolute atomic E-state index is 5.48. The Kier molecular flexibility index (Phi) is 3.69. The van der Waals surface area contributed by atoms with E-state index in [4.69, 9.17) is 4.42 Å². The molecule has 3 rings (SSSR count). The molecular weight excluding hydrogens is 234 g/mol. The van der Waals surface area contributed by atoms with Crippen LogP contribution in [0.4, 0.5) is 0 Å². The molecule has 0 saturated carbocycles. The Balaban J connectivity index is 1.83. The van der Waals surface area contributed by atoms with E-state index in [2.05, 4.69) is 36.5 Å².